The number of rotatable bonds is 4. The van der Waals surface area contributed by atoms with Crippen LogP contribution in [-0.2, 0) is 6.54 Å². The predicted octanol–water partition coefficient (Wildman–Crippen LogP) is 1.43. The number of pyridine rings is 1. The lowest BCUT2D eigenvalue weighted by molar-refractivity contribution is 0.588. The third kappa shape index (κ3) is 2.84. The molecule has 0 fully saturated rings. The van der Waals surface area contributed by atoms with Crippen molar-refractivity contribution >= 4 is 5.69 Å². The van der Waals surface area contributed by atoms with Gasteiger partial charge in [0.1, 0.15) is 0 Å². The molecule has 0 saturated heterocycles. The van der Waals surface area contributed by atoms with E-state index in [4.69, 9.17) is 11.0 Å². The molecule has 80 valence electrons. The Labute approximate surface area is 88.9 Å². The zero-order chi connectivity index (χ0) is 11.3. The SMILES string of the molecule is Cc1c(N)ccc(=O)n1CCCCC#N. The van der Waals surface area contributed by atoms with Gasteiger partial charge in [0.05, 0.1) is 11.8 Å². The van der Waals surface area contributed by atoms with Crippen LogP contribution in [0.4, 0.5) is 5.69 Å². The predicted molar refractivity (Wildman–Crippen MR) is 59.3 cm³/mol. The quantitative estimate of drug-likeness (QED) is 0.756. The van der Waals surface area contributed by atoms with Crippen molar-refractivity contribution in [3.8, 4) is 6.07 Å². The highest BCUT2D eigenvalue weighted by Crippen LogP contribution is 2.07. The van der Waals surface area contributed by atoms with E-state index < -0.39 is 0 Å². The van der Waals surface area contributed by atoms with E-state index in [1.807, 2.05) is 6.92 Å². The first-order valence-electron chi connectivity index (χ1n) is 4.99. The van der Waals surface area contributed by atoms with Crippen molar-refractivity contribution < 1.29 is 0 Å². The molecule has 0 aliphatic carbocycles. The molecule has 0 radical (unpaired) electrons. The minimum absolute atomic E-state index is 0.0290. The van der Waals surface area contributed by atoms with Crippen LogP contribution >= 0.6 is 0 Å². The molecule has 1 aromatic heterocycles. The molecule has 2 N–H and O–H groups in total. The first-order chi connectivity index (χ1) is 7.16. The Kier molecular flexibility index (Phi) is 3.92. The van der Waals surface area contributed by atoms with E-state index in [-0.39, 0.29) is 5.56 Å². The molecule has 0 saturated carbocycles. The second kappa shape index (κ2) is 5.20. The van der Waals surface area contributed by atoms with Gasteiger partial charge in [0.15, 0.2) is 0 Å². The standard InChI is InChI=1S/C11H15N3O/c1-9-10(13)5-6-11(15)14(9)8-4-2-3-7-12/h5-6H,2-4,8,13H2,1H3. The van der Waals surface area contributed by atoms with E-state index in [1.54, 1.807) is 10.6 Å². The Morgan fingerprint density at radius 2 is 2.20 bits per heavy atom. The first-order valence-corrected chi connectivity index (χ1v) is 4.99. The van der Waals surface area contributed by atoms with Crippen LogP contribution in [0.5, 0.6) is 0 Å². The van der Waals surface area contributed by atoms with Crippen molar-refractivity contribution in [1.29, 1.82) is 5.26 Å². The molecule has 4 heteroatoms. The van der Waals surface area contributed by atoms with Crippen LogP contribution in [0, 0.1) is 18.3 Å². The molecule has 0 spiro atoms. The Morgan fingerprint density at radius 3 is 2.87 bits per heavy atom. The summed E-state index contributed by atoms with van der Waals surface area (Å²) < 4.78 is 1.66. The molecule has 0 aliphatic heterocycles. The molecule has 15 heavy (non-hydrogen) atoms. The van der Waals surface area contributed by atoms with Crippen LogP contribution in [0.15, 0.2) is 16.9 Å². The molecule has 0 amide bonds. The van der Waals surface area contributed by atoms with Crippen molar-refractivity contribution in [3.63, 3.8) is 0 Å². The van der Waals surface area contributed by atoms with E-state index in [2.05, 4.69) is 6.07 Å². The van der Waals surface area contributed by atoms with Crippen molar-refractivity contribution in [2.45, 2.75) is 32.7 Å². The number of unbranched alkanes of at least 4 members (excludes halogenated alkanes) is 2. The van der Waals surface area contributed by atoms with Crippen LogP contribution in [0.1, 0.15) is 25.0 Å². The molecule has 1 heterocycles. The summed E-state index contributed by atoms with van der Waals surface area (Å²) in [5.41, 5.74) is 7.12. The summed E-state index contributed by atoms with van der Waals surface area (Å²) in [4.78, 5) is 11.5. The third-order valence-corrected chi connectivity index (χ3v) is 2.41. The van der Waals surface area contributed by atoms with Gasteiger partial charge in [-0.1, -0.05) is 0 Å². The first kappa shape index (κ1) is 11.3. The molecule has 0 bridgehead atoms. The summed E-state index contributed by atoms with van der Waals surface area (Å²) in [6.45, 7) is 2.47. The minimum Gasteiger partial charge on any atom is -0.397 e. The maximum Gasteiger partial charge on any atom is 0.250 e. The number of nitriles is 1. The molecular weight excluding hydrogens is 190 g/mol. The van der Waals surface area contributed by atoms with Crippen LogP contribution in [-0.4, -0.2) is 4.57 Å². The smallest absolute Gasteiger partial charge is 0.250 e. The van der Waals surface area contributed by atoms with Crippen LogP contribution in [0.3, 0.4) is 0 Å². The summed E-state index contributed by atoms with van der Waals surface area (Å²) in [6.07, 6.45) is 2.19. The topological polar surface area (TPSA) is 71.8 Å². The summed E-state index contributed by atoms with van der Waals surface area (Å²) in [6, 6.07) is 5.19. The van der Waals surface area contributed by atoms with Gasteiger partial charge in [-0.25, -0.2) is 0 Å². The third-order valence-electron chi connectivity index (χ3n) is 2.41. The van der Waals surface area contributed by atoms with Gasteiger partial charge < -0.3 is 10.3 Å². The van der Waals surface area contributed by atoms with Gasteiger partial charge in [0, 0.05) is 24.7 Å². The average Bonchev–Trinajstić information content (AvgIpc) is 2.23. The van der Waals surface area contributed by atoms with Gasteiger partial charge in [0.25, 0.3) is 5.56 Å². The summed E-state index contributed by atoms with van der Waals surface area (Å²) in [5.74, 6) is 0. The van der Waals surface area contributed by atoms with E-state index in [0.29, 0.717) is 18.7 Å². The fourth-order valence-corrected chi connectivity index (χ4v) is 1.44. The summed E-state index contributed by atoms with van der Waals surface area (Å²) in [7, 11) is 0. The molecule has 1 aromatic rings. The maximum atomic E-state index is 11.5. The van der Waals surface area contributed by atoms with Crippen molar-refractivity contribution in [1.82, 2.24) is 4.57 Å². The van der Waals surface area contributed by atoms with Gasteiger partial charge in [-0.2, -0.15) is 5.26 Å². The number of nitrogen functional groups attached to an aromatic ring is 1. The number of anilines is 1. The highest BCUT2D eigenvalue weighted by atomic mass is 16.1. The lowest BCUT2D eigenvalue weighted by Gasteiger charge is -2.10. The highest BCUT2D eigenvalue weighted by Gasteiger charge is 2.02. The van der Waals surface area contributed by atoms with Gasteiger partial charge in [-0.3, -0.25) is 4.79 Å². The monoisotopic (exact) mass is 205 g/mol. The molecule has 1 rings (SSSR count). The number of nitrogens with two attached hydrogens (primary N) is 1. The summed E-state index contributed by atoms with van der Waals surface area (Å²) >= 11 is 0. The van der Waals surface area contributed by atoms with Crippen molar-refractivity contribution in [2.75, 3.05) is 5.73 Å². The molecular formula is C11H15N3O. The van der Waals surface area contributed by atoms with E-state index in [1.165, 1.54) is 6.07 Å². The number of hydrogen-bond acceptors (Lipinski definition) is 3. The Morgan fingerprint density at radius 1 is 1.47 bits per heavy atom. The lowest BCUT2D eigenvalue weighted by Crippen LogP contribution is -2.22. The molecule has 4 nitrogen and oxygen atoms in total. The van der Waals surface area contributed by atoms with Gasteiger partial charge in [-0.15, -0.1) is 0 Å². The lowest BCUT2D eigenvalue weighted by atomic mass is 10.2. The Hall–Kier alpha value is -1.76. The number of hydrogen-bond donors (Lipinski definition) is 1. The molecule has 0 aromatic carbocycles. The Balaban J connectivity index is 2.73. The summed E-state index contributed by atoms with van der Waals surface area (Å²) in [5, 5.41) is 8.38. The second-order valence-corrected chi connectivity index (χ2v) is 3.48. The fourth-order valence-electron chi connectivity index (χ4n) is 1.44. The molecule has 0 aliphatic rings. The number of aromatic nitrogens is 1. The van der Waals surface area contributed by atoms with Crippen LogP contribution < -0.4 is 11.3 Å². The second-order valence-electron chi connectivity index (χ2n) is 3.48. The highest BCUT2D eigenvalue weighted by molar-refractivity contribution is 5.41. The zero-order valence-electron chi connectivity index (χ0n) is 8.86. The normalized spacial score (nSPS) is 9.87. The van der Waals surface area contributed by atoms with E-state index in [9.17, 15) is 4.79 Å². The number of nitrogens with zero attached hydrogens (tertiary/aromatic N) is 2. The van der Waals surface area contributed by atoms with Crippen molar-refractivity contribution in [2.24, 2.45) is 0 Å². The largest absolute Gasteiger partial charge is 0.397 e. The van der Waals surface area contributed by atoms with E-state index >= 15 is 0 Å². The van der Waals surface area contributed by atoms with Crippen LogP contribution in [0.2, 0.25) is 0 Å². The molecule has 0 unspecified atom stereocenters. The fraction of sp³-hybridized carbons (Fsp3) is 0.455. The van der Waals surface area contributed by atoms with Crippen LogP contribution in [0.25, 0.3) is 0 Å². The Bertz CT molecular complexity index is 428. The zero-order valence-corrected chi connectivity index (χ0v) is 8.86. The van der Waals surface area contributed by atoms with Gasteiger partial charge in [-0.05, 0) is 25.8 Å². The maximum absolute atomic E-state index is 11.5. The average molecular weight is 205 g/mol. The van der Waals surface area contributed by atoms with E-state index in [0.717, 1.165) is 18.5 Å². The molecule has 0 atom stereocenters. The van der Waals surface area contributed by atoms with Gasteiger partial charge >= 0.3 is 0 Å². The van der Waals surface area contributed by atoms with Crippen molar-refractivity contribution in [3.05, 3.63) is 28.2 Å². The van der Waals surface area contributed by atoms with Gasteiger partial charge in [0.2, 0.25) is 0 Å². The minimum atomic E-state index is -0.0290.